The molecule has 1 aromatic carbocycles. The predicted octanol–water partition coefficient (Wildman–Crippen LogP) is 2.32. The molecule has 3 heteroatoms. The van der Waals surface area contributed by atoms with Crippen LogP contribution in [0.4, 0.5) is 0 Å². The van der Waals surface area contributed by atoms with Crippen LogP contribution in [0.2, 0.25) is 0 Å². The quantitative estimate of drug-likeness (QED) is 0.617. The molecule has 0 saturated heterocycles. The number of aryl methyl sites for hydroxylation is 1. The van der Waals surface area contributed by atoms with E-state index in [4.69, 9.17) is 0 Å². The van der Waals surface area contributed by atoms with E-state index in [0.29, 0.717) is 0 Å². The molecule has 3 nitrogen and oxygen atoms in total. The van der Waals surface area contributed by atoms with Gasteiger partial charge in [-0.3, -0.25) is 4.99 Å². The zero-order valence-electron chi connectivity index (χ0n) is 11.4. The van der Waals surface area contributed by atoms with Crippen LogP contribution in [-0.4, -0.2) is 19.6 Å². The first-order chi connectivity index (χ1) is 8.83. The number of hydrogen-bond donors (Lipinski definition) is 2. The molecule has 0 unspecified atom stereocenters. The summed E-state index contributed by atoms with van der Waals surface area (Å²) < 4.78 is 0. The van der Waals surface area contributed by atoms with Gasteiger partial charge in [-0.2, -0.15) is 0 Å². The van der Waals surface area contributed by atoms with Crippen molar-refractivity contribution in [3.63, 3.8) is 0 Å². The zero-order valence-corrected chi connectivity index (χ0v) is 11.4. The van der Waals surface area contributed by atoms with E-state index >= 15 is 0 Å². The van der Waals surface area contributed by atoms with Gasteiger partial charge in [0.15, 0.2) is 5.96 Å². The molecule has 0 amide bonds. The second-order valence-corrected chi connectivity index (χ2v) is 4.87. The smallest absolute Gasteiger partial charge is 0.191 e. The summed E-state index contributed by atoms with van der Waals surface area (Å²) in [6.07, 6.45) is 3.80. The second kappa shape index (κ2) is 6.43. The van der Waals surface area contributed by atoms with Gasteiger partial charge in [0.2, 0.25) is 0 Å². The number of benzene rings is 1. The number of guanidine groups is 1. The fraction of sp³-hybridized carbons (Fsp3) is 0.533. The van der Waals surface area contributed by atoms with Crippen molar-refractivity contribution in [1.82, 2.24) is 10.6 Å². The van der Waals surface area contributed by atoms with Gasteiger partial charge in [-0.1, -0.05) is 31.2 Å². The molecule has 1 aliphatic rings. The van der Waals surface area contributed by atoms with Crippen molar-refractivity contribution in [2.24, 2.45) is 10.9 Å². The minimum atomic E-state index is 0.842. The van der Waals surface area contributed by atoms with Gasteiger partial charge in [0.1, 0.15) is 0 Å². The highest BCUT2D eigenvalue weighted by molar-refractivity contribution is 5.79. The molecular formula is C15H23N3. The lowest BCUT2D eigenvalue weighted by Gasteiger charge is -2.13. The average Bonchev–Trinajstić information content (AvgIpc) is 3.23. The van der Waals surface area contributed by atoms with E-state index in [1.54, 1.807) is 0 Å². The minimum Gasteiger partial charge on any atom is -0.356 e. The Morgan fingerprint density at radius 1 is 1.22 bits per heavy atom. The standard InChI is InChI=1S/C15H23N3/c1-3-13-6-4-5-7-14(13)11-18-15(16-2)17-10-12-8-9-12/h4-7,12H,3,8-11H2,1-2H3,(H2,16,17,18). The topological polar surface area (TPSA) is 36.4 Å². The number of aliphatic imine (C=N–C) groups is 1. The Morgan fingerprint density at radius 2 is 1.94 bits per heavy atom. The number of nitrogens with zero attached hydrogens (tertiary/aromatic N) is 1. The average molecular weight is 245 g/mol. The van der Waals surface area contributed by atoms with Gasteiger partial charge >= 0.3 is 0 Å². The van der Waals surface area contributed by atoms with Gasteiger partial charge in [-0.25, -0.2) is 0 Å². The molecule has 18 heavy (non-hydrogen) atoms. The summed E-state index contributed by atoms with van der Waals surface area (Å²) in [6, 6.07) is 8.57. The molecule has 1 aliphatic carbocycles. The third-order valence-corrected chi connectivity index (χ3v) is 3.42. The summed E-state index contributed by atoms with van der Waals surface area (Å²) in [5.41, 5.74) is 2.76. The third kappa shape index (κ3) is 3.76. The van der Waals surface area contributed by atoms with Crippen LogP contribution in [0.15, 0.2) is 29.3 Å². The van der Waals surface area contributed by atoms with Crippen LogP contribution < -0.4 is 10.6 Å². The summed E-state index contributed by atoms with van der Waals surface area (Å²) in [5.74, 6) is 1.78. The first-order valence-corrected chi connectivity index (χ1v) is 6.84. The summed E-state index contributed by atoms with van der Waals surface area (Å²) in [7, 11) is 1.83. The lowest BCUT2D eigenvalue weighted by molar-refractivity contribution is 0.736. The SMILES string of the molecule is CCc1ccccc1CNC(=NC)NCC1CC1. The second-order valence-electron chi connectivity index (χ2n) is 4.87. The van der Waals surface area contributed by atoms with E-state index in [1.165, 1.54) is 24.0 Å². The Balaban J connectivity index is 1.84. The molecule has 2 N–H and O–H groups in total. The monoisotopic (exact) mass is 245 g/mol. The fourth-order valence-corrected chi connectivity index (χ4v) is 2.04. The fourth-order valence-electron chi connectivity index (χ4n) is 2.04. The summed E-state index contributed by atoms with van der Waals surface area (Å²) in [6.45, 7) is 4.09. The normalized spacial score (nSPS) is 15.6. The van der Waals surface area contributed by atoms with E-state index in [1.807, 2.05) is 7.05 Å². The van der Waals surface area contributed by atoms with E-state index in [2.05, 4.69) is 46.8 Å². The number of rotatable bonds is 5. The van der Waals surface area contributed by atoms with Crippen LogP contribution in [0.1, 0.15) is 30.9 Å². The highest BCUT2D eigenvalue weighted by atomic mass is 15.2. The molecule has 0 atom stereocenters. The molecule has 0 heterocycles. The maximum absolute atomic E-state index is 4.25. The maximum atomic E-state index is 4.25. The van der Waals surface area contributed by atoms with Crippen LogP contribution in [0.3, 0.4) is 0 Å². The molecule has 1 fully saturated rings. The highest BCUT2D eigenvalue weighted by Crippen LogP contribution is 2.27. The van der Waals surface area contributed by atoms with Gasteiger partial charge in [0.25, 0.3) is 0 Å². The largest absolute Gasteiger partial charge is 0.356 e. The van der Waals surface area contributed by atoms with Crippen molar-refractivity contribution in [3.8, 4) is 0 Å². The lowest BCUT2D eigenvalue weighted by Crippen LogP contribution is -2.38. The molecule has 0 radical (unpaired) electrons. The number of nitrogens with one attached hydrogen (secondary N) is 2. The third-order valence-electron chi connectivity index (χ3n) is 3.42. The van der Waals surface area contributed by atoms with Crippen molar-refractivity contribution in [3.05, 3.63) is 35.4 Å². The summed E-state index contributed by atoms with van der Waals surface area (Å²) >= 11 is 0. The molecular weight excluding hydrogens is 222 g/mol. The Hall–Kier alpha value is -1.51. The van der Waals surface area contributed by atoms with Crippen molar-refractivity contribution in [2.75, 3.05) is 13.6 Å². The Labute approximate surface area is 110 Å². The molecule has 0 spiro atoms. The summed E-state index contributed by atoms with van der Waals surface area (Å²) in [4.78, 5) is 4.25. The van der Waals surface area contributed by atoms with Gasteiger partial charge in [0.05, 0.1) is 0 Å². The van der Waals surface area contributed by atoms with Crippen LogP contribution >= 0.6 is 0 Å². The Kier molecular flexibility index (Phi) is 4.62. The van der Waals surface area contributed by atoms with Crippen molar-refractivity contribution in [2.45, 2.75) is 32.7 Å². The van der Waals surface area contributed by atoms with E-state index in [9.17, 15) is 0 Å². The van der Waals surface area contributed by atoms with Crippen LogP contribution in [0, 0.1) is 5.92 Å². The molecule has 1 saturated carbocycles. The maximum Gasteiger partial charge on any atom is 0.191 e. The van der Waals surface area contributed by atoms with E-state index < -0.39 is 0 Å². The Morgan fingerprint density at radius 3 is 2.56 bits per heavy atom. The van der Waals surface area contributed by atoms with E-state index in [-0.39, 0.29) is 0 Å². The van der Waals surface area contributed by atoms with Gasteiger partial charge in [-0.05, 0) is 36.3 Å². The first kappa shape index (κ1) is 12.9. The number of hydrogen-bond acceptors (Lipinski definition) is 1. The molecule has 98 valence electrons. The van der Waals surface area contributed by atoms with Crippen LogP contribution in [-0.2, 0) is 13.0 Å². The lowest BCUT2D eigenvalue weighted by atomic mass is 10.1. The summed E-state index contributed by atoms with van der Waals surface area (Å²) in [5, 5.41) is 6.76. The molecule has 0 aromatic heterocycles. The minimum absolute atomic E-state index is 0.842. The van der Waals surface area contributed by atoms with Crippen LogP contribution in [0.25, 0.3) is 0 Å². The van der Waals surface area contributed by atoms with Gasteiger partial charge < -0.3 is 10.6 Å². The molecule has 0 bridgehead atoms. The van der Waals surface area contributed by atoms with Crippen molar-refractivity contribution < 1.29 is 0 Å². The predicted molar refractivity (Wildman–Crippen MR) is 76.7 cm³/mol. The van der Waals surface area contributed by atoms with Crippen LogP contribution in [0.5, 0.6) is 0 Å². The van der Waals surface area contributed by atoms with Crippen molar-refractivity contribution in [1.29, 1.82) is 0 Å². The Bertz CT molecular complexity index is 408. The molecule has 0 aliphatic heterocycles. The zero-order chi connectivity index (χ0) is 12.8. The van der Waals surface area contributed by atoms with Gasteiger partial charge in [-0.15, -0.1) is 0 Å². The van der Waals surface area contributed by atoms with Gasteiger partial charge in [0, 0.05) is 20.1 Å². The first-order valence-electron chi connectivity index (χ1n) is 6.84. The van der Waals surface area contributed by atoms with Crippen molar-refractivity contribution >= 4 is 5.96 Å². The molecule has 1 aromatic rings. The molecule has 2 rings (SSSR count). The highest BCUT2D eigenvalue weighted by Gasteiger charge is 2.20. The van der Waals surface area contributed by atoms with E-state index in [0.717, 1.165) is 31.4 Å².